The quantitative estimate of drug-likeness (QED) is 0.747. The molecule has 0 amide bonds. The number of aromatic nitrogens is 1. The molecule has 3 nitrogen and oxygen atoms in total. The largest absolute Gasteiger partial charge is 0.382 e. The molecule has 1 saturated heterocycles. The van der Waals surface area contributed by atoms with Crippen LogP contribution in [0.3, 0.4) is 0 Å². The smallest absolute Gasteiger partial charge is 0.125 e. The first-order valence-corrected chi connectivity index (χ1v) is 5.33. The van der Waals surface area contributed by atoms with Crippen molar-refractivity contribution in [3.05, 3.63) is 16.1 Å². The minimum Gasteiger partial charge on any atom is -0.382 e. The van der Waals surface area contributed by atoms with E-state index < -0.39 is 5.60 Å². The Labute approximate surface area is 81.8 Å². The topological polar surface area (TPSA) is 45.2 Å². The zero-order valence-corrected chi connectivity index (χ0v) is 8.69. The Bertz CT molecular complexity index is 304. The molecule has 0 aromatic carbocycles. The third-order valence-electron chi connectivity index (χ3n) is 2.31. The lowest BCUT2D eigenvalue weighted by atomic mass is 9.96. The summed E-state index contributed by atoms with van der Waals surface area (Å²) >= 11 is 1.62. The summed E-state index contributed by atoms with van der Waals surface area (Å²) in [7, 11) is 0. The van der Waals surface area contributed by atoms with Crippen LogP contribution in [0.15, 0.2) is 6.20 Å². The highest BCUT2D eigenvalue weighted by molar-refractivity contribution is 7.11. The summed E-state index contributed by atoms with van der Waals surface area (Å²) < 4.78 is 0. The second-order valence-corrected chi connectivity index (χ2v) is 4.91. The van der Waals surface area contributed by atoms with Gasteiger partial charge in [0.25, 0.3) is 0 Å². The molecule has 2 N–H and O–H groups in total. The molecule has 0 unspecified atom stereocenters. The molecule has 2 rings (SSSR count). The molecule has 1 aliphatic rings. The molecule has 1 aromatic heterocycles. The van der Waals surface area contributed by atoms with Gasteiger partial charge >= 0.3 is 0 Å². The summed E-state index contributed by atoms with van der Waals surface area (Å²) in [5.74, 6) is 0.454. The van der Waals surface area contributed by atoms with E-state index in [-0.39, 0.29) is 0 Å². The molecule has 0 aliphatic carbocycles. The molecule has 1 aliphatic heterocycles. The Kier molecular flexibility index (Phi) is 2.14. The highest BCUT2D eigenvalue weighted by atomic mass is 32.1. The van der Waals surface area contributed by atoms with Gasteiger partial charge in [-0.1, -0.05) is 13.8 Å². The number of β-amino-alcohol motifs (C(OH)–C–C–N with tert-alkyl or cyclic N) is 1. The van der Waals surface area contributed by atoms with Crippen molar-refractivity contribution in [2.24, 2.45) is 0 Å². The molecular weight excluding hydrogens is 184 g/mol. The fraction of sp³-hybridized carbons (Fsp3) is 0.667. The molecule has 0 bridgehead atoms. The van der Waals surface area contributed by atoms with Crippen LogP contribution in [0.1, 0.15) is 29.7 Å². The van der Waals surface area contributed by atoms with Crippen molar-refractivity contribution in [2.45, 2.75) is 25.4 Å². The van der Waals surface area contributed by atoms with Gasteiger partial charge in [0, 0.05) is 25.2 Å². The standard InChI is InChI=1S/C9H14N2OS/c1-6(2)8-11-3-7(13-8)9(12)4-10-5-9/h3,6,10,12H,4-5H2,1-2H3. The summed E-state index contributed by atoms with van der Waals surface area (Å²) in [5, 5.41) is 14.2. The van der Waals surface area contributed by atoms with Gasteiger partial charge in [-0.05, 0) is 0 Å². The minimum atomic E-state index is -0.634. The molecule has 0 saturated carbocycles. The molecular formula is C9H14N2OS. The third-order valence-corrected chi connectivity index (χ3v) is 3.80. The predicted octanol–water partition coefficient (Wildman–Crippen LogP) is 1.06. The first-order chi connectivity index (χ1) is 6.12. The summed E-state index contributed by atoms with van der Waals surface area (Å²) in [6, 6.07) is 0. The van der Waals surface area contributed by atoms with Gasteiger partial charge in [0.15, 0.2) is 0 Å². The van der Waals surface area contributed by atoms with Crippen molar-refractivity contribution in [1.29, 1.82) is 0 Å². The molecule has 1 fully saturated rings. The minimum absolute atomic E-state index is 0.454. The Hall–Kier alpha value is -0.450. The van der Waals surface area contributed by atoms with Gasteiger partial charge in [-0.2, -0.15) is 0 Å². The van der Waals surface area contributed by atoms with Gasteiger partial charge in [0.1, 0.15) is 5.60 Å². The Balaban J connectivity index is 2.22. The van der Waals surface area contributed by atoms with E-state index in [1.54, 1.807) is 17.5 Å². The highest BCUT2D eigenvalue weighted by Gasteiger charge is 2.38. The zero-order chi connectivity index (χ0) is 9.47. The Morgan fingerprint density at radius 2 is 2.31 bits per heavy atom. The number of thiazole rings is 1. The first-order valence-electron chi connectivity index (χ1n) is 4.51. The van der Waals surface area contributed by atoms with Gasteiger partial charge in [0.2, 0.25) is 0 Å². The lowest BCUT2D eigenvalue weighted by Crippen LogP contribution is -2.56. The van der Waals surface area contributed by atoms with Crippen LogP contribution in [0.5, 0.6) is 0 Å². The molecule has 0 spiro atoms. The van der Waals surface area contributed by atoms with Crippen LogP contribution < -0.4 is 5.32 Å². The Morgan fingerprint density at radius 3 is 2.69 bits per heavy atom. The van der Waals surface area contributed by atoms with E-state index in [0.717, 1.165) is 9.88 Å². The lowest BCUT2D eigenvalue weighted by Gasteiger charge is -2.36. The van der Waals surface area contributed by atoms with E-state index in [2.05, 4.69) is 24.1 Å². The molecule has 1 aromatic rings. The van der Waals surface area contributed by atoms with Crippen LogP contribution in [0, 0.1) is 0 Å². The van der Waals surface area contributed by atoms with Crippen LogP contribution >= 0.6 is 11.3 Å². The van der Waals surface area contributed by atoms with Crippen molar-refractivity contribution in [1.82, 2.24) is 10.3 Å². The lowest BCUT2D eigenvalue weighted by molar-refractivity contribution is -0.0114. The van der Waals surface area contributed by atoms with Crippen molar-refractivity contribution in [3.63, 3.8) is 0 Å². The highest BCUT2D eigenvalue weighted by Crippen LogP contribution is 2.32. The third kappa shape index (κ3) is 1.49. The number of nitrogens with zero attached hydrogens (tertiary/aromatic N) is 1. The number of rotatable bonds is 2. The second-order valence-electron chi connectivity index (χ2n) is 3.85. The molecule has 0 atom stereocenters. The van der Waals surface area contributed by atoms with Crippen LogP contribution in [-0.2, 0) is 5.60 Å². The van der Waals surface area contributed by atoms with Gasteiger partial charge in [-0.3, -0.25) is 0 Å². The van der Waals surface area contributed by atoms with Crippen molar-refractivity contribution >= 4 is 11.3 Å². The van der Waals surface area contributed by atoms with Crippen LogP contribution in [0.25, 0.3) is 0 Å². The Morgan fingerprint density at radius 1 is 1.62 bits per heavy atom. The first kappa shape index (κ1) is 9.12. The van der Waals surface area contributed by atoms with E-state index in [0.29, 0.717) is 19.0 Å². The fourth-order valence-corrected chi connectivity index (χ4v) is 2.31. The van der Waals surface area contributed by atoms with E-state index in [1.165, 1.54) is 0 Å². The normalized spacial score (nSPS) is 20.3. The monoisotopic (exact) mass is 198 g/mol. The predicted molar refractivity (Wildman–Crippen MR) is 53.0 cm³/mol. The summed E-state index contributed by atoms with van der Waals surface area (Å²) in [5.41, 5.74) is -0.634. The van der Waals surface area contributed by atoms with E-state index in [9.17, 15) is 5.11 Å². The van der Waals surface area contributed by atoms with Crippen molar-refractivity contribution in [3.8, 4) is 0 Å². The maximum atomic E-state index is 9.98. The maximum Gasteiger partial charge on any atom is 0.125 e. The molecule has 2 heterocycles. The van der Waals surface area contributed by atoms with Gasteiger partial charge < -0.3 is 10.4 Å². The van der Waals surface area contributed by atoms with E-state index in [1.807, 2.05) is 0 Å². The number of hydrogen-bond donors (Lipinski definition) is 2. The zero-order valence-electron chi connectivity index (χ0n) is 7.87. The molecule has 0 radical (unpaired) electrons. The molecule has 13 heavy (non-hydrogen) atoms. The molecule has 72 valence electrons. The SMILES string of the molecule is CC(C)c1ncc(C2(O)CNC2)s1. The molecule has 4 heteroatoms. The number of hydrogen-bond acceptors (Lipinski definition) is 4. The van der Waals surface area contributed by atoms with Crippen LogP contribution in [0.2, 0.25) is 0 Å². The van der Waals surface area contributed by atoms with Crippen molar-refractivity contribution < 1.29 is 5.11 Å². The van der Waals surface area contributed by atoms with Gasteiger partial charge in [-0.25, -0.2) is 4.98 Å². The fourth-order valence-electron chi connectivity index (χ4n) is 1.31. The average Bonchev–Trinajstić information content (AvgIpc) is 2.48. The van der Waals surface area contributed by atoms with Crippen LogP contribution in [-0.4, -0.2) is 23.2 Å². The maximum absolute atomic E-state index is 9.98. The van der Waals surface area contributed by atoms with E-state index >= 15 is 0 Å². The van der Waals surface area contributed by atoms with Crippen molar-refractivity contribution in [2.75, 3.05) is 13.1 Å². The average molecular weight is 198 g/mol. The summed E-state index contributed by atoms with van der Waals surface area (Å²) in [6.45, 7) is 5.55. The number of nitrogens with one attached hydrogen (secondary N) is 1. The number of aliphatic hydroxyl groups is 1. The van der Waals surface area contributed by atoms with Gasteiger partial charge in [-0.15, -0.1) is 11.3 Å². The second kappa shape index (κ2) is 3.04. The van der Waals surface area contributed by atoms with E-state index in [4.69, 9.17) is 0 Å². The summed E-state index contributed by atoms with van der Waals surface area (Å²) in [6.07, 6.45) is 1.81. The summed E-state index contributed by atoms with van der Waals surface area (Å²) in [4.78, 5) is 5.29. The van der Waals surface area contributed by atoms with Gasteiger partial charge in [0.05, 0.1) is 9.88 Å². The van der Waals surface area contributed by atoms with Crippen LogP contribution in [0.4, 0.5) is 0 Å².